The van der Waals surface area contributed by atoms with Crippen molar-refractivity contribution in [3.05, 3.63) is 28.2 Å². The maximum Gasteiger partial charge on any atom is 0.120 e. The molecule has 2 heteroatoms. The van der Waals surface area contributed by atoms with E-state index in [9.17, 15) is 4.91 Å². The number of nitroso groups, excluding NO2 is 1. The van der Waals surface area contributed by atoms with E-state index in [0.717, 1.165) is 25.7 Å². The average molecular weight is 223 g/mol. The summed E-state index contributed by atoms with van der Waals surface area (Å²) in [5.74, 6) is 0. The minimum atomic E-state index is -0.477. The second-order valence-corrected chi connectivity index (χ2v) is 4.71. The third kappa shape index (κ3) is 5.24. The molecule has 0 aliphatic carbocycles. The number of hydrogen-bond acceptors (Lipinski definition) is 2. The molecule has 0 aliphatic heterocycles. The molecule has 0 atom stereocenters. The first-order valence-corrected chi connectivity index (χ1v) is 6.16. The van der Waals surface area contributed by atoms with Crippen LogP contribution in [-0.4, -0.2) is 5.54 Å². The summed E-state index contributed by atoms with van der Waals surface area (Å²) in [4.78, 5) is 10.9. The zero-order chi connectivity index (χ0) is 12.6. The summed E-state index contributed by atoms with van der Waals surface area (Å²) < 4.78 is 0. The van der Waals surface area contributed by atoms with Crippen molar-refractivity contribution in [3.63, 3.8) is 0 Å². The minimum absolute atomic E-state index is 0.477. The highest BCUT2D eigenvalue weighted by Crippen LogP contribution is 2.24. The molecule has 0 aliphatic rings. The van der Waals surface area contributed by atoms with E-state index >= 15 is 0 Å². The van der Waals surface area contributed by atoms with Crippen LogP contribution in [0.3, 0.4) is 0 Å². The first-order chi connectivity index (χ1) is 7.49. The fourth-order valence-electron chi connectivity index (χ4n) is 1.73. The standard InChI is InChI=1S/C14H25NO/c1-6-14(7-2,15-16)11-13(5)10-8-9-12(3)4/h9,11H,6-8,10H2,1-5H3/b13-11+. The number of allylic oxidation sites excluding steroid dienone is 3. The summed E-state index contributed by atoms with van der Waals surface area (Å²) in [7, 11) is 0. The van der Waals surface area contributed by atoms with Gasteiger partial charge in [0.2, 0.25) is 0 Å². The molecule has 0 rings (SSSR count). The van der Waals surface area contributed by atoms with Gasteiger partial charge in [0.05, 0.1) is 0 Å². The molecule has 0 radical (unpaired) electrons. The second kappa shape index (κ2) is 7.37. The van der Waals surface area contributed by atoms with Gasteiger partial charge in [-0.1, -0.05) is 42.3 Å². The van der Waals surface area contributed by atoms with Gasteiger partial charge in [0, 0.05) is 0 Å². The smallest absolute Gasteiger partial charge is 0.120 e. The van der Waals surface area contributed by atoms with Gasteiger partial charge in [-0.2, -0.15) is 0 Å². The van der Waals surface area contributed by atoms with E-state index in [1.807, 2.05) is 13.8 Å². The van der Waals surface area contributed by atoms with Gasteiger partial charge < -0.3 is 0 Å². The molecule has 0 heterocycles. The van der Waals surface area contributed by atoms with E-state index in [2.05, 4.69) is 38.1 Å². The van der Waals surface area contributed by atoms with Gasteiger partial charge in [0.15, 0.2) is 0 Å². The van der Waals surface area contributed by atoms with E-state index < -0.39 is 5.54 Å². The lowest BCUT2D eigenvalue weighted by atomic mass is 9.90. The predicted octanol–water partition coefficient (Wildman–Crippen LogP) is 5.00. The van der Waals surface area contributed by atoms with Crippen molar-refractivity contribution < 1.29 is 0 Å². The summed E-state index contributed by atoms with van der Waals surface area (Å²) in [6, 6.07) is 0. The molecule has 16 heavy (non-hydrogen) atoms. The Balaban J connectivity index is 4.49. The Morgan fingerprint density at radius 2 is 1.75 bits per heavy atom. The molecule has 0 fully saturated rings. The van der Waals surface area contributed by atoms with E-state index in [0.29, 0.717) is 0 Å². The van der Waals surface area contributed by atoms with Crippen molar-refractivity contribution in [2.24, 2.45) is 5.18 Å². The Morgan fingerprint density at radius 1 is 1.19 bits per heavy atom. The van der Waals surface area contributed by atoms with Crippen LogP contribution in [0.1, 0.15) is 60.3 Å². The SMILES string of the molecule is CCC(/C=C(\C)CCC=C(C)C)(CC)N=O. The summed E-state index contributed by atoms with van der Waals surface area (Å²) in [5, 5.41) is 3.30. The van der Waals surface area contributed by atoms with Gasteiger partial charge in [0.25, 0.3) is 0 Å². The second-order valence-electron chi connectivity index (χ2n) is 4.71. The van der Waals surface area contributed by atoms with Crippen molar-refractivity contribution in [3.8, 4) is 0 Å². The Labute approximate surface area is 99.8 Å². The van der Waals surface area contributed by atoms with Crippen LogP contribution in [0.5, 0.6) is 0 Å². The van der Waals surface area contributed by atoms with Gasteiger partial charge in [-0.25, -0.2) is 0 Å². The van der Waals surface area contributed by atoms with Crippen molar-refractivity contribution in [2.45, 2.75) is 65.8 Å². The molecule has 0 saturated heterocycles. The van der Waals surface area contributed by atoms with Crippen molar-refractivity contribution in [2.75, 3.05) is 0 Å². The van der Waals surface area contributed by atoms with Crippen molar-refractivity contribution >= 4 is 0 Å². The van der Waals surface area contributed by atoms with Crippen LogP contribution < -0.4 is 0 Å². The molecule has 0 amide bonds. The van der Waals surface area contributed by atoms with Crippen LogP contribution in [0.4, 0.5) is 0 Å². The maximum atomic E-state index is 10.9. The third-order valence-corrected chi connectivity index (χ3v) is 3.01. The lowest BCUT2D eigenvalue weighted by molar-refractivity contribution is 0.488. The maximum absolute atomic E-state index is 10.9. The molecule has 0 saturated carbocycles. The summed E-state index contributed by atoms with van der Waals surface area (Å²) in [6.45, 7) is 10.3. The molecule has 0 bridgehead atoms. The van der Waals surface area contributed by atoms with Crippen LogP contribution in [0.15, 0.2) is 28.5 Å². The van der Waals surface area contributed by atoms with Gasteiger partial charge in [-0.3, -0.25) is 0 Å². The van der Waals surface area contributed by atoms with Gasteiger partial charge in [-0.15, -0.1) is 4.91 Å². The molecule has 0 unspecified atom stereocenters. The summed E-state index contributed by atoms with van der Waals surface area (Å²) in [6.07, 6.45) is 7.92. The zero-order valence-corrected chi connectivity index (χ0v) is 11.3. The number of nitrogens with zero attached hydrogens (tertiary/aromatic N) is 1. The number of hydrogen-bond donors (Lipinski definition) is 0. The Kier molecular flexibility index (Phi) is 6.95. The molecule has 0 N–H and O–H groups in total. The van der Waals surface area contributed by atoms with E-state index in [1.54, 1.807) is 0 Å². The molecule has 92 valence electrons. The molecule has 0 spiro atoms. The van der Waals surface area contributed by atoms with Gasteiger partial charge >= 0.3 is 0 Å². The fourth-order valence-corrected chi connectivity index (χ4v) is 1.73. The molecular formula is C14H25NO. The van der Waals surface area contributed by atoms with Crippen LogP contribution in [-0.2, 0) is 0 Å². The lowest BCUT2D eigenvalue weighted by Gasteiger charge is -2.19. The largest absolute Gasteiger partial charge is 0.150 e. The highest BCUT2D eigenvalue weighted by atomic mass is 16.3. The minimum Gasteiger partial charge on any atom is -0.150 e. The van der Waals surface area contributed by atoms with Gasteiger partial charge in [0.1, 0.15) is 5.54 Å². The normalized spacial score (nSPS) is 12.4. The fraction of sp³-hybridized carbons (Fsp3) is 0.714. The summed E-state index contributed by atoms with van der Waals surface area (Å²) in [5.41, 5.74) is 2.13. The quantitative estimate of drug-likeness (QED) is 0.441. The van der Waals surface area contributed by atoms with E-state index in [1.165, 1.54) is 11.1 Å². The monoisotopic (exact) mass is 223 g/mol. The zero-order valence-electron chi connectivity index (χ0n) is 11.3. The Morgan fingerprint density at radius 3 is 2.12 bits per heavy atom. The third-order valence-electron chi connectivity index (χ3n) is 3.01. The molecular weight excluding hydrogens is 198 g/mol. The Hall–Kier alpha value is -0.920. The highest BCUT2D eigenvalue weighted by molar-refractivity contribution is 5.13. The Bertz CT molecular complexity index is 268. The first kappa shape index (κ1) is 15.1. The lowest BCUT2D eigenvalue weighted by Crippen LogP contribution is -2.20. The van der Waals surface area contributed by atoms with E-state index in [-0.39, 0.29) is 0 Å². The van der Waals surface area contributed by atoms with Crippen LogP contribution in [0, 0.1) is 4.91 Å². The van der Waals surface area contributed by atoms with Crippen LogP contribution >= 0.6 is 0 Å². The molecule has 2 nitrogen and oxygen atoms in total. The average Bonchev–Trinajstić information content (AvgIpc) is 2.25. The molecule has 0 aromatic carbocycles. The summed E-state index contributed by atoms with van der Waals surface area (Å²) >= 11 is 0. The van der Waals surface area contributed by atoms with Crippen molar-refractivity contribution in [1.29, 1.82) is 0 Å². The molecule has 0 aromatic rings. The van der Waals surface area contributed by atoms with Crippen molar-refractivity contribution in [1.82, 2.24) is 0 Å². The first-order valence-electron chi connectivity index (χ1n) is 6.16. The topological polar surface area (TPSA) is 29.4 Å². The van der Waals surface area contributed by atoms with Crippen LogP contribution in [0.25, 0.3) is 0 Å². The number of rotatable bonds is 7. The highest BCUT2D eigenvalue weighted by Gasteiger charge is 2.24. The van der Waals surface area contributed by atoms with Gasteiger partial charge in [-0.05, 0) is 46.5 Å². The predicted molar refractivity (Wildman–Crippen MR) is 71.5 cm³/mol. The molecule has 0 aromatic heterocycles. The van der Waals surface area contributed by atoms with E-state index in [4.69, 9.17) is 0 Å². The van der Waals surface area contributed by atoms with Crippen LogP contribution in [0.2, 0.25) is 0 Å².